The van der Waals surface area contributed by atoms with Crippen LogP contribution >= 0.6 is 0 Å². The van der Waals surface area contributed by atoms with Crippen LogP contribution in [-0.4, -0.2) is 53.1 Å². The van der Waals surface area contributed by atoms with Gasteiger partial charge in [-0.3, -0.25) is 0 Å². The van der Waals surface area contributed by atoms with E-state index in [2.05, 4.69) is 6.92 Å². The van der Waals surface area contributed by atoms with Crippen molar-refractivity contribution in [3.63, 3.8) is 0 Å². The van der Waals surface area contributed by atoms with Crippen LogP contribution in [0.15, 0.2) is 0 Å². The first-order chi connectivity index (χ1) is 9.66. The highest BCUT2D eigenvalue weighted by Crippen LogP contribution is 2.21. The van der Waals surface area contributed by atoms with Gasteiger partial charge in [0.25, 0.3) is 0 Å². The Kier molecular flexibility index (Phi) is 12.4. The SMILES string of the molecule is CCCCCCCCCCOC(O)C(CO)(CO)CO. The summed E-state index contributed by atoms with van der Waals surface area (Å²) >= 11 is 0. The Hall–Kier alpha value is -0.200. The lowest BCUT2D eigenvalue weighted by Gasteiger charge is -2.32. The lowest BCUT2D eigenvalue weighted by atomic mass is 9.90. The van der Waals surface area contributed by atoms with Crippen LogP contribution in [0.2, 0.25) is 0 Å². The fourth-order valence-corrected chi connectivity index (χ4v) is 1.99. The predicted molar refractivity (Wildman–Crippen MR) is 78.3 cm³/mol. The molecule has 0 saturated carbocycles. The van der Waals surface area contributed by atoms with Crippen molar-refractivity contribution in [1.29, 1.82) is 0 Å². The van der Waals surface area contributed by atoms with E-state index in [4.69, 9.17) is 20.1 Å². The molecule has 0 fully saturated rings. The monoisotopic (exact) mass is 292 g/mol. The van der Waals surface area contributed by atoms with Crippen molar-refractivity contribution in [1.82, 2.24) is 0 Å². The number of aliphatic hydroxyl groups is 4. The molecule has 0 aliphatic carbocycles. The molecular weight excluding hydrogens is 260 g/mol. The number of ether oxygens (including phenoxy) is 1. The summed E-state index contributed by atoms with van der Waals surface area (Å²) in [5.74, 6) is 0. The number of unbranched alkanes of at least 4 members (excludes halogenated alkanes) is 7. The van der Waals surface area contributed by atoms with Gasteiger partial charge in [-0.15, -0.1) is 0 Å². The molecule has 0 saturated heterocycles. The Morgan fingerprint density at radius 2 is 1.25 bits per heavy atom. The summed E-state index contributed by atoms with van der Waals surface area (Å²) in [6, 6.07) is 0. The lowest BCUT2D eigenvalue weighted by Crippen LogP contribution is -2.46. The van der Waals surface area contributed by atoms with Gasteiger partial charge in [0.1, 0.15) is 0 Å². The average Bonchev–Trinajstić information content (AvgIpc) is 2.48. The smallest absolute Gasteiger partial charge is 0.166 e. The molecule has 5 heteroatoms. The van der Waals surface area contributed by atoms with Gasteiger partial charge in [0.15, 0.2) is 6.29 Å². The van der Waals surface area contributed by atoms with E-state index < -0.39 is 31.5 Å². The maximum Gasteiger partial charge on any atom is 0.166 e. The molecule has 0 aromatic rings. The summed E-state index contributed by atoms with van der Waals surface area (Å²) in [6.45, 7) is 1.03. The minimum atomic E-state index is -1.37. The Morgan fingerprint density at radius 3 is 1.70 bits per heavy atom. The summed E-state index contributed by atoms with van der Waals surface area (Å²) in [6.07, 6.45) is 8.08. The normalized spacial score (nSPS) is 13.7. The van der Waals surface area contributed by atoms with E-state index >= 15 is 0 Å². The second kappa shape index (κ2) is 12.5. The van der Waals surface area contributed by atoms with Crippen molar-refractivity contribution in [3.05, 3.63) is 0 Å². The summed E-state index contributed by atoms with van der Waals surface area (Å²) in [5, 5.41) is 37.1. The van der Waals surface area contributed by atoms with Crippen LogP contribution in [0.5, 0.6) is 0 Å². The molecule has 0 rings (SSSR count). The minimum absolute atomic E-state index is 0.373. The zero-order valence-corrected chi connectivity index (χ0v) is 12.8. The molecule has 20 heavy (non-hydrogen) atoms. The average molecular weight is 292 g/mol. The predicted octanol–water partition coefficient (Wildman–Crippen LogP) is 1.43. The maximum atomic E-state index is 9.76. The van der Waals surface area contributed by atoms with Crippen LogP contribution in [0.3, 0.4) is 0 Å². The van der Waals surface area contributed by atoms with Gasteiger partial charge in [0, 0.05) is 6.61 Å². The maximum absolute atomic E-state index is 9.76. The first kappa shape index (κ1) is 19.8. The molecule has 1 unspecified atom stereocenters. The van der Waals surface area contributed by atoms with Crippen LogP contribution in [0, 0.1) is 5.41 Å². The van der Waals surface area contributed by atoms with Gasteiger partial charge < -0.3 is 25.2 Å². The van der Waals surface area contributed by atoms with E-state index in [9.17, 15) is 5.11 Å². The summed E-state index contributed by atoms with van der Waals surface area (Å²) in [7, 11) is 0. The third kappa shape index (κ3) is 7.55. The highest BCUT2D eigenvalue weighted by atomic mass is 16.6. The highest BCUT2D eigenvalue weighted by Gasteiger charge is 2.37. The molecule has 122 valence electrons. The molecule has 4 N–H and O–H groups in total. The molecule has 0 amide bonds. The quantitative estimate of drug-likeness (QED) is 0.287. The summed E-state index contributed by atoms with van der Waals surface area (Å²) < 4.78 is 5.20. The molecular formula is C15H32O5. The van der Waals surface area contributed by atoms with Gasteiger partial charge in [-0.25, -0.2) is 0 Å². The molecule has 0 aromatic heterocycles. The highest BCUT2D eigenvalue weighted by molar-refractivity contribution is 4.80. The van der Waals surface area contributed by atoms with Crippen LogP contribution < -0.4 is 0 Å². The first-order valence-corrected chi connectivity index (χ1v) is 7.79. The van der Waals surface area contributed by atoms with Gasteiger partial charge in [-0.05, 0) is 6.42 Å². The van der Waals surface area contributed by atoms with Crippen molar-refractivity contribution in [2.45, 2.75) is 64.6 Å². The van der Waals surface area contributed by atoms with Crippen LogP contribution in [0.25, 0.3) is 0 Å². The van der Waals surface area contributed by atoms with Gasteiger partial charge >= 0.3 is 0 Å². The zero-order chi connectivity index (χ0) is 15.3. The van der Waals surface area contributed by atoms with Gasteiger partial charge in [-0.2, -0.15) is 0 Å². The van der Waals surface area contributed by atoms with Crippen LogP contribution in [0.4, 0.5) is 0 Å². The number of rotatable bonds is 14. The van der Waals surface area contributed by atoms with E-state index in [1.54, 1.807) is 0 Å². The molecule has 1 atom stereocenters. The molecule has 0 bridgehead atoms. The van der Waals surface area contributed by atoms with Gasteiger partial charge in [0.2, 0.25) is 0 Å². The van der Waals surface area contributed by atoms with Crippen molar-refractivity contribution in [2.24, 2.45) is 5.41 Å². The molecule has 0 heterocycles. The summed E-state index contributed by atoms with van der Waals surface area (Å²) in [5.41, 5.74) is -1.37. The standard InChI is InChI=1S/C15H32O5/c1-2-3-4-5-6-7-8-9-10-20-14(19)15(11-16,12-17)13-18/h14,16-19H,2-13H2,1H3. The lowest BCUT2D eigenvalue weighted by molar-refractivity contribution is -0.212. The zero-order valence-electron chi connectivity index (χ0n) is 12.8. The fourth-order valence-electron chi connectivity index (χ4n) is 1.99. The molecule has 5 nitrogen and oxygen atoms in total. The van der Waals surface area contributed by atoms with Crippen molar-refractivity contribution in [3.8, 4) is 0 Å². The molecule has 0 aliphatic heterocycles. The second-order valence-corrected chi connectivity index (χ2v) is 5.53. The Bertz CT molecular complexity index is 198. The van der Waals surface area contributed by atoms with Gasteiger partial charge in [0.05, 0.1) is 25.2 Å². The fraction of sp³-hybridized carbons (Fsp3) is 1.00. The Balaban J connectivity index is 3.59. The molecule has 0 aromatic carbocycles. The van der Waals surface area contributed by atoms with E-state index in [0.29, 0.717) is 6.61 Å². The third-order valence-corrected chi connectivity index (χ3v) is 3.74. The second-order valence-electron chi connectivity index (χ2n) is 5.53. The number of aliphatic hydroxyl groups excluding tert-OH is 4. The number of hydrogen-bond acceptors (Lipinski definition) is 5. The van der Waals surface area contributed by atoms with E-state index in [1.165, 1.54) is 32.1 Å². The summed E-state index contributed by atoms with van der Waals surface area (Å²) in [4.78, 5) is 0. The third-order valence-electron chi connectivity index (χ3n) is 3.74. The van der Waals surface area contributed by atoms with Crippen LogP contribution in [0.1, 0.15) is 58.3 Å². The van der Waals surface area contributed by atoms with Crippen LogP contribution in [-0.2, 0) is 4.74 Å². The topological polar surface area (TPSA) is 90.2 Å². The van der Waals surface area contributed by atoms with Crippen molar-refractivity contribution >= 4 is 0 Å². The molecule has 0 radical (unpaired) electrons. The minimum Gasteiger partial charge on any atom is -0.395 e. The molecule has 0 aliphatic rings. The molecule has 0 spiro atoms. The number of hydrogen-bond donors (Lipinski definition) is 4. The Morgan fingerprint density at radius 1 is 0.800 bits per heavy atom. The van der Waals surface area contributed by atoms with E-state index in [1.807, 2.05) is 0 Å². The van der Waals surface area contributed by atoms with E-state index in [0.717, 1.165) is 19.3 Å². The Labute approximate surface area is 122 Å². The first-order valence-electron chi connectivity index (χ1n) is 7.79. The van der Waals surface area contributed by atoms with E-state index in [-0.39, 0.29) is 0 Å². The largest absolute Gasteiger partial charge is 0.395 e. The van der Waals surface area contributed by atoms with Gasteiger partial charge in [-0.1, -0.05) is 51.9 Å². The van der Waals surface area contributed by atoms with Crippen molar-refractivity contribution in [2.75, 3.05) is 26.4 Å². The van der Waals surface area contributed by atoms with Crippen molar-refractivity contribution < 1.29 is 25.2 Å².